The van der Waals surface area contributed by atoms with Crippen molar-refractivity contribution in [1.82, 2.24) is 4.57 Å². The number of rotatable bonds is 21. The number of nitrogens with zero attached hydrogens (tertiary/aromatic N) is 3. The Balaban J connectivity index is 1.06. The summed E-state index contributed by atoms with van der Waals surface area (Å²) in [5, 5.41) is 0.432. The predicted octanol–water partition coefficient (Wildman–Crippen LogP) is 12.1. The molecule has 10 atom stereocenters. The van der Waals surface area contributed by atoms with E-state index in [1.54, 1.807) is 156 Å². The molecule has 2 fully saturated rings. The molecule has 1 aromatic heterocycles. The molecule has 0 aliphatic carbocycles. The average molecular weight is 1370 g/mol. The Morgan fingerprint density at radius 1 is 0.357 bits per heavy atom. The first-order valence-electron chi connectivity index (χ1n) is 30.7. The van der Waals surface area contributed by atoms with Gasteiger partial charge in [0, 0.05) is 5.02 Å². The van der Waals surface area contributed by atoms with Crippen LogP contribution in [0.25, 0.3) is 5.69 Å². The van der Waals surface area contributed by atoms with Crippen molar-refractivity contribution in [3.63, 3.8) is 0 Å². The first-order valence-corrected chi connectivity index (χ1v) is 33.3. The summed E-state index contributed by atoms with van der Waals surface area (Å²) in [4.78, 5) is 113. The summed E-state index contributed by atoms with van der Waals surface area (Å²) < 4.78 is 67.4. The molecule has 98 heavy (non-hydrogen) atoms. The molecule has 23 heteroatoms. The van der Waals surface area contributed by atoms with E-state index in [1.807, 2.05) is 30.3 Å². The fourth-order valence-electron chi connectivity index (χ4n) is 10.6. The standard InChI is InChI=1S/C75H58ClN3O17S2/c76-54-41-43-56(44-42-54)79-74(77-55-39-23-8-24-40-55)97-98-75(79)78-65-63(94-71(85)52-35-19-6-20-36-52)61(92-69(83)50-31-15-4-16-32-50)60(57(89-65)45-87-66(80)47-25-9-1-10-26-47)96-73-64(95-72(86)53-37-21-7-22-38-53)62(93-70(84)51-33-17-5-18-34-51)59(91-68(82)49-29-13-3-14-30-49)58(90-73)46-88-67(81)48-27-11-2-12-28-48/h1-44,57-65,73H,45-46H2/b77-74?,78-75+/t57-,58-,59+,60-,61+,62+,63-,64-,65-,73+/m1/s1. The molecule has 2 aliphatic rings. The van der Waals surface area contributed by atoms with Crippen LogP contribution in [0.5, 0.6) is 0 Å². The summed E-state index contributed by atoms with van der Waals surface area (Å²) in [7, 11) is 2.40. The van der Waals surface area contributed by atoms with E-state index in [0.717, 1.165) is 10.3 Å². The van der Waals surface area contributed by atoms with Crippen LogP contribution in [-0.2, 0) is 47.4 Å². The van der Waals surface area contributed by atoms with Crippen LogP contribution in [0, 0.1) is 0 Å². The molecule has 0 radical (unpaired) electrons. The predicted molar refractivity (Wildman–Crippen MR) is 358 cm³/mol. The number of halogens is 1. The van der Waals surface area contributed by atoms with Crippen molar-refractivity contribution in [3.05, 3.63) is 320 Å². The van der Waals surface area contributed by atoms with Crippen LogP contribution in [0.2, 0.25) is 5.02 Å². The molecule has 0 unspecified atom stereocenters. The second-order valence-electron chi connectivity index (χ2n) is 21.9. The number of esters is 7. The van der Waals surface area contributed by atoms with Crippen molar-refractivity contribution in [2.45, 2.75) is 61.3 Å². The van der Waals surface area contributed by atoms with Crippen LogP contribution in [0.4, 0.5) is 5.69 Å². The number of para-hydroxylation sites is 1. The molecule has 0 N–H and O–H groups in total. The van der Waals surface area contributed by atoms with Gasteiger partial charge in [-0.3, -0.25) is 4.57 Å². The third-order valence-electron chi connectivity index (χ3n) is 15.4. The summed E-state index contributed by atoms with van der Waals surface area (Å²) >= 11 is 6.47. The quantitative estimate of drug-likeness (QED) is 0.0369. The minimum absolute atomic E-state index is 0.00120. The van der Waals surface area contributed by atoms with E-state index >= 15 is 4.79 Å². The Morgan fingerprint density at radius 2 is 0.684 bits per heavy atom. The number of ether oxygens (including phenoxy) is 10. The maximum absolute atomic E-state index is 15.1. The monoisotopic (exact) mass is 1370 g/mol. The molecule has 9 aromatic carbocycles. The van der Waals surface area contributed by atoms with Crippen LogP contribution < -0.4 is 9.60 Å². The molecule has 2 aliphatic heterocycles. The smallest absolute Gasteiger partial charge is 0.338 e. The minimum Gasteiger partial charge on any atom is -0.459 e. The molecule has 20 nitrogen and oxygen atoms in total. The zero-order chi connectivity index (χ0) is 67.7. The van der Waals surface area contributed by atoms with Crippen molar-refractivity contribution < 1.29 is 80.9 Å². The van der Waals surface area contributed by atoms with E-state index < -0.39 is 116 Å². The fraction of sp³-hybridized carbons (Fsp3) is 0.160. The van der Waals surface area contributed by atoms with Crippen LogP contribution in [0.1, 0.15) is 72.5 Å². The summed E-state index contributed by atoms with van der Waals surface area (Å²) in [6, 6.07) is 71.0. The summed E-state index contributed by atoms with van der Waals surface area (Å²) in [6.45, 7) is -1.51. The Hall–Kier alpha value is -11.0. The highest BCUT2D eigenvalue weighted by Crippen LogP contribution is 2.38. The van der Waals surface area contributed by atoms with Gasteiger partial charge in [0.15, 0.2) is 43.0 Å². The Labute approximate surface area is 572 Å². The van der Waals surface area contributed by atoms with Gasteiger partial charge in [-0.1, -0.05) is 157 Å². The maximum Gasteiger partial charge on any atom is 0.338 e. The van der Waals surface area contributed by atoms with E-state index in [4.69, 9.17) is 69.0 Å². The summed E-state index contributed by atoms with van der Waals surface area (Å²) in [5.41, 5.74) is 1.46. The van der Waals surface area contributed by atoms with Crippen LogP contribution in [0.15, 0.2) is 277 Å². The number of carbonyl (C=O) groups excluding carboxylic acids is 7. The van der Waals surface area contributed by atoms with E-state index in [1.165, 1.54) is 95.3 Å². The molecule has 12 rings (SSSR count). The molecular weight excluding hydrogens is 1310 g/mol. The largest absolute Gasteiger partial charge is 0.459 e. The van der Waals surface area contributed by atoms with E-state index in [9.17, 15) is 28.8 Å². The number of hydrogen-bond donors (Lipinski definition) is 0. The topological polar surface area (TPSA) is 241 Å². The minimum atomic E-state index is -2.12. The van der Waals surface area contributed by atoms with Crippen LogP contribution in [-0.4, -0.2) is 121 Å². The first-order chi connectivity index (χ1) is 47.9. The molecule has 494 valence electrons. The van der Waals surface area contributed by atoms with Crippen LogP contribution in [0.3, 0.4) is 0 Å². The normalized spacial score (nSPS) is 20.7. The molecule has 0 saturated carbocycles. The van der Waals surface area contributed by atoms with Crippen molar-refractivity contribution in [2.75, 3.05) is 13.2 Å². The fourth-order valence-corrected chi connectivity index (χ4v) is 12.9. The van der Waals surface area contributed by atoms with Gasteiger partial charge in [-0.25, -0.2) is 43.5 Å². The van der Waals surface area contributed by atoms with Crippen molar-refractivity contribution in [3.8, 4) is 5.69 Å². The molecule has 0 spiro atoms. The zero-order valence-electron chi connectivity index (χ0n) is 51.6. The highest BCUT2D eigenvalue weighted by molar-refractivity contribution is 7.67. The Kier molecular flexibility index (Phi) is 22.0. The third kappa shape index (κ3) is 16.6. The van der Waals surface area contributed by atoms with Gasteiger partial charge < -0.3 is 47.4 Å². The van der Waals surface area contributed by atoms with E-state index in [2.05, 4.69) is 0 Å². The number of hydrogen-bond acceptors (Lipinski definition) is 21. The van der Waals surface area contributed by atoms with Gasteiger partial charge in [-0.2, -0.15) is 0 Å². The van der Waals surface area contributed by atoms with Gasteiger partial charge in [-0.05, 0) is 142 Å². The van der Waals surface area contributed by atoms with Gasteiger partial charge in [0.25, 0.3) is 0 Å². The molecule has 0 bridgehead atoms. The molecule has 0 amide bonds. The second kappa shape index (κ2) is 32.2. The Bertz CT molecular complexity index is 4520. The van der Waals surface area contributed by atoms with Gasteiger partial charge in [0.05, 0.1) is 50.3 Å². The van der Waals surface area contributed by atoms with Crippen molar-refractivity contribution in [1.29, 1.82) is 0 Å². The van der Waals surface area contributed by atoms with Gasteiger partial charge in [0.2, 0.25) is 9.60 Å². The van der Waals surface area contributed by atoms with Gasteiger partial charge >= 0.3 is 41.8 Å². The SMILES string of the molecule is O=C(OC[C@H]1O[C@@H](O[C@H]2[C@H](OC(=O)c3ccccc3)[C@@H](OC(=O)c3ccccc3)[C@H](/N=c3/ssc(=Nc4ccccc4)n3-c3ccc(Cl)cc3)O[C@@H]2COC(=O)c2ccccc2)[C@H](OC(=O)c2ccccc2)[C@@H](OC(=O)c2ccccc2)[C@H]1OC(=O)c1ccccc1)c1ccccc1. The lowest BCUT2D eigenvalue weighted by atomic mass is 9.95. The zero-order valence-corrected chi connectivity index (χ0v) is 54.0. The number of benzene rings is 9. The van der Waals surface area contributed by atoms with Crippen molar-refractivity contribution >= 4 is 79.8 Å². The number of aromatic nitrogens is 1. The Morgan fingerprint density at radius 3 is 1.09 bits per heavy atom. The lowest BCUT2D eigenvalue weighted by molar-refractivity contribution is -0.338. The van der Waals surface area contributed by atoms with E-state index in [0.29, 0.717) is 21.2 Å². The summed E-state index contributed by atoms with van der Waals surface area (Å²) in [6.07, 6.45) is -18.7. The van der Waals surface area contributed by atoms with Gasteiger partial charge in [-0.15, -0.1) is 0 Å². The third-order valence-corrected chi connectivity index (χ3v) is 17.7. The lowest BCUT2D eigenvalue weighted by Crippen LogP contribution is -2.67. The average Bonchev–Trinajstić information content (AvgIpc) is 0.870. The summed E-state index contributed by atoms with van der Waals surface area (Å²) in [5.74, 6) is -6.66. The second-order valence-corrected chi connectivity index (χ2v) is 24.4. The highest BCUT2D eigenvalue weighted by Gasteiger charge is 2.58. The van der Waals surface area contributed by atoms with E-state index in [-0.39, 0.29) is 43.7 Å². The molecular formula is C75H58ClN3O17S2. The highest BCUT2D eigenvalue weighted by atomic mass is 35.5. The molecule has 3 heterocycles. The molecule has 2 saturated heterocycles. The van der Waals surface area contributed by atoms with Crippen LogP contribution >= 0.6 is 32.3 Å². The lowest BCUT2D eigenvalue weighted by Gasteiger charge is -2.48. The maximum atomic E-state index is 15.1. The first kappa shape index (κ1) is 67.0. The van der Waals surface area contributed by atoms with Crippen molar-refractivity contribution in [2.24, 2.45) is 9.98 Å². The molecule has 10 aromatic rings. The van der Waals surface area contributed by atoms with Gasteiger partial charge in [0.1, 0.15) is 31.5 Å². The number of carbonyl (C=O) groups is 7.